The summed E-state index contributed by atoms with van der Waals surface area (Å²) in [5.74, 6) is -0.0614. The van der Waals surface area contributed by atoms with Gasteiger partial charge in [0.15, 0.2) is 5.78 Å². The molecule has 3 aromatic rings. The zero-order valence-electron chi connectivity index (χ0n) is 22.7. The van der Waals surface area contributed by atoms with Gasteiger partial charge >= 0.3 is 5.97 Å². The van der Waals surface area contributed by atoms with Gasteiger partial charge < -0.3 is 24.1 Å². The van der Waals surface area contributed by atoms with Crippen molar-refractivity contribution in [1.29, 1.82) is 0 Å². The molecule has 39 heavy (non-hydrogen) atoms. The summed E-state index contributed by atoms with van der Waals surface area (Å²) in [6.07, 6.45) is 4.23. The zero-order valence-corrected chi connectivity index (χ0v) is 22.7. The topological polar surface area (TPSA) is 78.8 Å². The highest BCUT2D eigenvalue weighted by Gasteiger charge is 2.43. The van der Waals surface area contributed by atoms with E-state index in [1.807, 2.05) is 50.4 Å². The number of carbonyl (C=O) groups is 2. The van der Waals surface area contributed by atoms with E-state index >= 15 is 0 Å². The fourth-order valence-electron chi connectivity index (χ4n) is 6.46. The van der Waals surface area contributed by atoms with Crippen LogP contribution >= 0.6 is 0 Å². The fraction of sp³-hybridized carbons (Fsp3) is 0.375. The first-order valence-corrected chi connectivity index (χ1v) is 13.7. The van der Waals surface area contributed by atoms with Crippen LogP contribution in [0.25, 0.3) is 10.9 Å². The molecule has 1 fully saturated rings. The van der Waals surface area contributed by atoms with Gasteiger partial charge in [-0.3, -0.25) is 4.79 Å². The molecule has 1 aliphatic carbocycles. The van der Waals surface area contributed by atoms with Crippen LogP contribution in [0.15, 0.2) is 77.3 Å². The maximum Gasteiger partial charge on any atom is 0.337 e. The Bertz CT molecular complexity index is 1510. The normalized spacial score (nSPS) is 22.1. The Kier molecular flexibility index (Phi) is 6.77. The van der Waals surface area contributed by atoms with Crippen molar-refractivity contribution >= 4 is 22.7 Å². The van der Waals surface area contributed by atoms with Crippen LogP contribution < -0.4 is 10.1 Å². The molecule has 0 radical (unpaired) electrons. The lowest BCUT2D eigenvalue weighted by molar-refractivity contribution is -0.148. The third kappa shape index (κ3) is 4.55. The summed E-state index contributed by atoms with van der Waals surface area (Å²) in [6, 6.07) is 16.0. The number of methoxy groups -OCH3 is 1. The number of aryl methyl sites for hydroxylation is 1. The number of hydrogen-bond acceptors (Lipinski definition) is 6. The number of ketones is 1. The number of esters is 1. The minimum atomic E-state index is -0.509. The van der Waals surface area contributed by atoms with Crippen molar-refractivity contribution in [2.24, 2.45) is 7.05 Å². The molecule has 0 saturated carbocycles. The second-order valence-corrected chi connectivity index (χ2v) is 10.7. The summed E-state index contributed by atoms with van der Waals surface area (Å²) < 4.78 is 19.2. The van der Waals surface area contributed by atoms with E-state index in [-0.39, 0.29) is 23.8 Å². The van der Waals surface area contributed by atoms with Crippen LogP contribution in [0.5, 0.6) is 5.75 Å². The summed E-state index contributed by atoms with van der Waals surface area (Å²) in [5, 5.41) is 4.50. The predicted octanol–water partition coefficient (Wildman–Crippen LogP) is 5.27. The molecule has 0 unspecified atom stereocenters. The Labute approximate surface area is 228 Å². The summed E-state index contributed by atoms with van der Waals surface area (Å²) in [5.41, 5.74) is 5.82. The number of Topliss-reactive ketones (excluding diaryl/α,β-unsaturated/α-hetero) is 1. The van der Waals surface area contributed by atoms with Gasteiger partial charge in [0.2, 0.25) is 0 Å². The molecule has 2 atom stereocenters. The molecule has 6 rings (SSSR count). The number of ether oxygens (including phenoxy) is 3. The van der Waals surface area contributed by atoms with Crippen LogP contribution in [0, 0.1) is 0 Å². The number of allylic oxidation sites excluding steroid dienone is 3. The van der Waals surface area contributed by atoms with Gasteiger partial charge in [-0.05, 0) is 36.6 Å². The first kappa shape index (κ1) is 25.4. The number of nitrogens with one attached hydrogen (secondary N) is 1. The van der Waals surface area contributed by atoms with Crippen LogP contribution in [0.3, 0.4) is 0 Å². The largest absolute Gasteiger partial charge is 0.496 e. The van der Waals surface area contributed by atoms with Crippen molar-refractivity contribution in [2.45, 2.75) is 50.5 Å². The number of rotatable bonds is 5. The molecule has 7 nitrogen and oxygen atoms in total. The average molecular weight is 527 g/mol. The molecule has 1 saturated heterocycles. The van der Waals surface area contributed by atoms with E-state index in [0.29, 0.717) is 50.0 Å². The van der Waals surface area contributed by atoms with E-state index in [9.17, 15) is 9.59 Å². The van der Waals surface area contributed by atoms with E-state index in [1.54, 1.807) is 7.11 Å². The molecule has 202 valence electrons. The lowest BCUT2D eigenvalue weighted by Crippen LogP contribution is -2.37. The average Bonchev–Trinajstić information content (AvgIpc) is 3.28. The lowest BCUT2D eigenvalue weighted by atomic mass is 9.71. The SMILES string of the molecule is COc1ccccc1[C@H]1CC(=O)C2=C(C1)NC(C)=C(C(=O)OC1CCOCC1)[C@H]2c1cn(C)c2ccccc12. The second kappa shape index (κ2) is 10.4. The molecule has 2 aromatic carbocycles. The number of hydrogen-bond donors (Lipinski definition) is 1. The minimum Gasteiger partial charge on any atom is -0.496 e. The Morgan fingerprint density at radius 2 is 1.77 bits per heavy atom. The smallest absolute Gasteiger partial charge is 0.337 e. The van der Waals surface area contributed by atoms with Crippen LogP contribution in [0.2, 0.25) is 0 Å². The molecular formula is C32H34N2O5. The molecule has 3 heterocycles. The van der Waals surface area contributed by atoms with E-state index in [4.69, 9.17) is 14.2 Å². The van der Waals surface area contributed by atoms with Gasteiger partial charge in [-0.2, -0.15) is 0 Å². The van der Waals surface area contributed by atoms with E-state index < -0.39 is 5.92 Å². The molecule has 0 amide bonds. The Morgan fingerprint density at radius 1 is 1.03 bits per heavy atom. The second-order valence-electron chi connectivity index (χ2n) is 10.7. The maximum absolute atomic E-state index is 14.1. The van der Waals surface area contributed by atoms with Crippen molar-refractivity contribution in [2.75, 3.05) is 20.3 Å². The third-order valence-electron chi connectivity index (χ3n) is 8.31. The van der Waals surface area contributed by atoms with Gasteiger partial charge in [0, 0.05) is 66.3 Å². The Morgan fingerprint density at radius 3 is 2.56 bits per heavy atom. The van der Waals surface area contributed by atoms with Gasteiger partial charge in [-0.15, -0.1) is 0 Å². The standard InChI is InChI=1S/C32H34N2O5/c1-19-29(32(36)39-21-12-14-38-15-13-21)30(24-18-34(2)26-10-6-4-9-23(24)26)31-25(33-19)16-20(17-27(31)35)22-8-5-7-11-28(22)37-3/h4-11,18,20-21,30,33H,12-17H2,1-3H3/t20-,30-/m1/s1. The van der Waals surface area contributed by atoms with Gasteiger partial charge in [-0.1, -0.05) is 36.4 Å². The number of benzene rings is 2. The summed E-state index contributed by atoms with van der Waals surface area (Å²) in [4.78, 5) is 27.9. The summed E-state index contributed by atoms with van der Waals surface area (Å²) in [7, 11) is 3.66. The van der Waals surface area contributed by atoms with Crippen molar-refractivity contribution in [3.05, 3.63) is 88.4 Å². The predicted molar refractivity (Wildman–Crippen MR) is 148 cm³/mol. The van der Waals surface area contributed by atoms with Crippen molar-refractivity contribution in [3.63, 3.8) is 0 Å². The molecule has 2 aliphatic heterocycles. The molecule has 1 aromatic heterocycles. The Hall–Kier alpha value is -3.84. The van der Waals surface area contributed by atoms with Gasteiger partial charge in [0.1, 0.15) is 11.9 Å². The number of para-hydroxylation sites is 2. The number of dihydropyridines is 1. The highest BCUT2D eigenvalue weighted by molar-refractivity contribution is 6.05. The molecule has 7 heteroatoms. The number of aromatic nitrogens is 1. The van der Waals surface area contributed by atoms with E-state index in [2.05, 4.69) is 28.2 Å². The number of carbonyl (C=O) groups excluding carboxylic acids is 2. The van der Waals surface area contributed by atoms with E-state index in [1.165, 1.54) is 0 Å². The van der Waals surface area contributed by atoms with Gasteiger partial charge in [0.05, 0.1) is 31.8 Å². The van der Waals surface area contributed by atoms with Gasteiger partial charge in [0.25, 0.3) is 0 Å². The van der Waals surface area contributed by atoms with Crippen molar-refractivity contribution in [1.82, 2.24) is 9.88 Å². The Balaban J connectivity index is 1.45. The van der Waals surface area contributed by atoms with Crippen molar-refractivity contribution < 1.29 is 23.8 Å². The highest BCUT2D eigenvalue weighted by atomic mass is 16.6. The fourth-order valence-corrected chi connectivity index (χ4v) is 6.46. The van der Waals surface area contributed by atoms with E-state index in [0.717, 1.165) is 39.2 Å². The quantitative estimate of drug-likeness (QED) is 0.457. The summed E-state index contributed by atoms with van der Waals surface area (Å²) in [6.45, 7) is 3.08. The third-order valence-corrected chi connectivity index (χ3v) is 8.31. The van der Waals surface area contributed by atoms with Crippen molar-refractivity contribution in [3.8, 4) is 5.75 Å². The molecule has 3 aliphatic rings. The molecular weight excluding hydrogens is 492 g/mol. The zero-order chi connectivity index (χ0) is 27.1. The first-order chi connectivity index (χ1) is 19.0. The lowest BCUT2D eigenvalue weighted by Gasteiger charge is -2.37. The monoisotopic (exact) mass is 526 g/mol. The van der Waals surface area contributed by atoms with Crippen LogP contribution in [-0.2, 0) is 26.1 Å². The van der Waals surface area contributed by atoms with Gasteiger partial charge in [-0.25, -0.2) is 4.79 Å². The number of fused-ring (bicyclic) bond motifs is 1. The van der Waals surface area contributed by atoms with Crippen LogP contribution in [0.4, 0.5) is 0 Å². The van der Waals surface area contributed by atoms with Crippen LogP contribution in [-0.4, -0.2) is 42.7 Å². The summed E-state index contributed by atoms with van der Waals surface area (Å²) >= 11 is 0. The first-order valence-electron chi connectivity index (χ1n) is 13.7. The minimum absolute atomic E-state index is 0.0170. The number of nitrogens with zero attached hydrogens (tertiary/aromatic N) is 1. The van der Waals surface area contributed by atoms with Crippen LogP contribution in [0.1, 0.15) is 55.6 Å². The maximum atomic E-state index is 14.1. The molecule has 1 N–H and O–H groups in total. The molecule has 0 spiro atoms. The highest BCUT2D eigenvalue weighted by Crippen LogP contribution is 2.48. The molecule has 0 bridgehead atoms.